The molecule has 0 aliphatic rings. The Bertz CT molecular complexity index is 608. The summed E-state index contributed by atoms with van der Waals surface area (Å²) in [4.78, 5) is 0. The number of anilines is 2. The number of nitrogens with zero attached hydrogens (tertiary/aromatic N) is 4. The molecule has 2 aromatic rings. The Kier molecular flexibility index (Phi) is 4.01. The molecule has 0 aliphatic heterocycles. The third-order valence-electron chi connectivity index (χ3n) is 3.70. The van der Waals surface area contributed by atoms with Crippen LogP contribution in [0.2, 0.25) is 0 Å². The molecule has 110 valence electrons. The number of hydrogen-bond acceptors (Lipinski definition) is 4. The highest BCUT2D eigenvalue weighted by Crippen LogP contribution is 2.24. The third-order valence-corrected chi connectivity index (χ3v) is 3.70. The van der Waals surface area contributed by atoms with Crippen molar-refractivity contribution in [2.24, 2.45) is 7.05 Å². The van der Waals surface area contributed by atoms with Crippen molar-refractivity contribution in [3.8, 4) is 0 Å². The molecule has 0 saturated carbocycles. The van der Waals surface area contributed by atoms with Gasteiger partial charge in [-0.2, -0.15) is 10.2 Å². The van der Waals surface area contributed by atoms with Gasteiger partial charge in [-0.25, -0.2) is 4.68 Å². The Balaban J connectivity index is 2.22. The molecule has 2 rings (SSSR count). The van der Waals surface area contributed by atoms with Gasteiger partial charge >= 0.3 is 0 Å². The summed E-state index contributed by atoms with van der Waals surface area (Å²) in [6, 6.07) is 0. The van der Waals surface area contributed by atoms with Crippen molar-refractivity contribution in [2.45, 2.75) is 47.2 Å². The standard InChI is InChI=1S/C14H24N6/c1-6-7-20-14(13(15)10(3)18-20)16-8-12-9(2)17-19(5)11(12)4/h16H,6-8,15H2,1-5H3. The lowest BCUT2D eigenvalue weighted by Crippen LogP contribution is -2.10. The first kappa shape index (κ1) is 14.4. The molecule has 3 N–H and O–H groups in total. The van der Waals surface area contributed by atoms with Gasteiger partial charge in [-0.15, -0.1) is 0 Å². The Morgan fingerprint density at radius 2 is 1.85 bits per heavy atom. The van der Waals surface area contributed by atoms with E-state index in [1.165, 1.54) is 11.3 Å². The smallest absolute Gasteiger partial charge is 0.148 e. The Morgan fingerprint density at radius 3 is 2.40 bits per heavy atom. The van der Waals surface area contributed by atoms with Crippen LogP contribution in [0.25, 0.3) is 0 Å². The van der Waals surface area contributed by atoms with Gasteiger partial charge in [0.05, 0.1) is 17.1 Å². The van der Waals surface area contributed by atoms with Crippen LogP contribution < -0.4 is 11.1 Å². The Morgan fingerprint density at radius 1 is 1.15 bits per heavy atom. The minimum atomic E-state index is 0.713. The molecule has 0 amide bonds. The zero-order chi connectivity index (χ0) is 14.9. The first-order valence-electron chi connectivity index (χ1n) is 7.01. The lowest BCUT2D eigenvalue weighted by molar-refractivity contribution is 0.602. The molecule has 0 aliphatic carbocycles. The van der Waals surface area contributed by atoms with Crippen molar-refractivity contribution in [3.63, 3.8) is 0 Å². The molecule has 0 unspecified atom stereocenters. The van der Waals surface area contributed by atoms with Gasteiger partial charge in [0, 0.05) is 31.4 Å². The van der Waals surface area contributed by atoms with E-state index in [0.717, 1.165) is 35.9 Å². The first-order valence-corrected chi connectivity index (χ1v) is 7.01. The van der Waals surface area contributed by atoms with Crippen LogP contribution in [-0.4, -0.2) is 19.6 Å². The number of aryl methyl sites for hydroxylation is 4. The average Bonchev–Trinajstić information content (AvgIpc) is 2.79. The summed E-state index contributed by atoms with van der Waals surface area (Å²) in [7, 11) is 1.96. The maximum atomic E-state index is 6.11. The van der Waals surface area contributed by atoms with E-state index in [2.05, 4.69) is 29.4 Å². The SMILES string of the molecule is CCCn1nc(C)c(N)c1NCc1c(C)nn(C)c1C. The predicted molar refractivity (Wildman–Crippen MR) is 81.7 cm³/mol. The van der Waals surface area contributed by atoms with Crippen LogP contribution in [0.15, 0.2) is 0 Å². The van der Waals surface area contributed by atoms with E-state index in [9.17, 15) is 0 Å². The number of hydrogen-bond donors (Lipinski definition) is 2. The summed E-state index contributed by atoms with van der Waals surface area (Å²) < 4.78 is 3.86. The summed E-state index contributed by atoms with van der Waals surface area (Å²) in [6.45, 7) is 9.76. The second-order valence-electron chi connectivity index (χ2n) is 5.20. The van der Waals surface area contributed by atoms with Crippen molar-refractivity contribution >= 4 is 11.5 Å². The molecule has 0 spiro atoms. The summed E-state index contributed by atoms with van der Waals surface area (Å²) in [5.41, 5.74) is 11.2. The number of rotatable bonds is 5. The fraction of sp³-hybridized carbons (Fsp3) is 0.571. The van der Waals surface area contributed by atoms with Gasteiger partial charge in [0.1, 0.15) is 5.82 Å². The fourth-order valence-electron chi connectivity index (χ4n) is 2.40. The van der Waals surface area contributed by atoms with Crippen molar-refractivity contribution in [3.05, 3.63) is 22.6 Å². The van der Waals surface area contributed by atoms with Gasteiger partial charge < -0.3 is 11.1 Å². The predicted octanol–water partition coefficient (Wildman–Crippen LogP) is 2.15. The van der Waals surface area contributed by atoms with Gasteiger partial charge in [-0.1, -0.05) is 6.92 Å². The van der Waals surface area contributed by atoms with Crippen LogP contribution in [-0.2, 0) is 20.1 Å². The summed E-state index contributed by atoms with van der Waals surface area (Å²) in [5.74, 6) is 0.909. The van der Waals surface area contributed by atoms with E-state index in [1.54, 1.807) is 0 Å². The van der Waals surface area contributed by atoms with E-state index >= 15 is 0 Å². The zero-order valence-electron chi connectivity index (χ0n) is 13.0. The normalized spacial score (nSPS) is 11.1. The fourth-order valence-corrected chi connectivity index (χ4v) is 2.40. The zero-order valence-corrected chi connectivity index (χ0v) is 13.0. The topological polar surface area (TPSA) is 73.7 Å². The first-order chi connectivity index (χ1) is 9.45. The highest BCUT2D eigenvalue weighted by atomic mass is 15.3. The number of nitrogens with one attached hydrogen (secondary N) is 1. The highest BCUT2D eigenvalue weighted by Gasteiger charge is 2.14. The number of nitrogens with two attached hydrogens (primary N) is 1. The molecule has 6 heteroatoms. The lowest BCUT2D eigenvalue weighted by atomic mass is 10.2. The monoisotopic (exact) mass is 276 g/mol. The third kappa shape index (κ3) is 2.50. The van der Waals surface area contributed by atoms with E-state index in [4.69, 9.17) is 5.73 Å². The molecule has 2 aromatic heterocycles. The van der Waals surface area contributed by atoms with Gasteiger partial charge in [0.15, 0.2) is 0 Å². The van der Waals surface area contributed by atoms with Gasteiger partial charge in [-0.05, 0) is 27.2 Å². The molecule has 20 heavy (non-hydrogen) atoms. The summed E-state index contributed by atoms with van der Waals surface area (Å²) >= 11 is 0. The van der Waals surface area contributed by atoms with Crippen LogP contribution in [0.3, 0.4) is 0 Å². The molecule has 6 nitrogen and oxygen atoms in total. The quantitative estimate of drug-likeness (QED) is 0.877. The van der Waals surface area contributed by atoms with E-state index < -0.39 is 0 Å². The Labute approximate surface area is 120 Å². The van der Waals surface area contributed by atoms with E-state index in [1.807, 2.05) is 30.3 Å². The molecule has 0 atom stereocenters. The highest BCUT2D eigenvalue weighted by molar-refractivity contribution is 5.64. The van der Waals surface area contributed by atoms with Crippen molar-refractivity contribution in [1.29, 1.82) is 0 Å². The average molecular weight is 276 g/mol. The molecule has 0 bridgehead atoms. The summed E-state index contributed by atoms with van der Waals surface area (Å²) in [6.07, 6.45) is 1.03. The van der Waals surface area contributed by atoms with Crippen LogP contribution in [0.4, 0.5) is 11.5 Å². The number of aromatic nitrogens is 4. The molecular formula is C14H24N6. The minimum Gasteiger partial charge on any atom is -0.394 e. The van der Waals surface area contributed by atoms with Gasteiger partial charge in [-0.3, -0.25) is 4.68 Å². The largest absolute Gasteiger partial charge is 0.394 e. The van der Waals surface area contributed by atoms with Crippen molar-refractivity contribution in [1.82, 2.24) is 19.6 Å². The van der Waals surface area contributed by atoms with Crippen LogP contribution in [0.1, 0.15) is 36.0 Å². The van der Waals surface area contributed by atoms with Crippen LogP contribution in [0, 0.1) is 20.8 Å². The number of nitrogen functional groups attached to an aromatic ring is 1. The molecule has 2 heterocycles. The van der Waals surface area contributed by atoms with Crippen molar-refractivity contribution in [2.75, 3.05) is 11.1 Å². The maximum absolute atomic E-state index is 6.11. The molecular weight excluding hydrogens is 252 g/mol. The van der Waals surface area contributed by atoms with Gasteiger partial charge in [0.2, 0.25) is 0 Å². The lowest BCUT2D eigenvalue weighted by Gasteiger charge is -2.10. The molecule has 0 saturated heterocycles. The molecule has 0 fully saturated rings. The Hall–Kier alpha value is -1.98. The summed E-state index contributed by atoms with van der Waals surface area (Å²) in [5, 5.41) is 12.3. The van der Waals surface area contributed by atoms with Crippen molar-refractivity contribution < 1.29 is 0 Å². The molecule has 0 aromatic carbocycles. The second kappa shape index (κ2) is 5.56. The second-order valence-corrected chi connectivity index (χ2v) is 5.20. The van der Waals surface area contributed by atoms with Crippen LogP contribution >= 0.6 is 0 Å². The minimum absolute atomic E-state index is 0.713. The van der Waals surface area contributed by atoms with Gasteiger partial charge in [0.25, 0.3) is 0 Å². The maximum Gasteiger partial charge on any atom is 0.148 e. The van der Waals surface area contributed by atoms with E-state index in [-0.39, 0.29) is 0 Å². The van der Waals surface area contributed by atoms with Crippen LogP contribution in [0.5, 0.6) is 0 Å². The molecule has 0 radical (unpaired) electrons. The van der Waals surface area contributed by atoms with E-state index in [0.29, 0.717) is 6.54 Å².